The Labute approximate surface area is 143 Å². The van der Waals surface area contributed by atoms with Crippen molar-refractivity contribution in [3.63, 3.8) is 0 Å². The van der Waals surface area contributed by atoms with Crippen molar-refractivity contribution in [3.8, 4) is 11.5 Å². The Bertz CT molecular complexity index is 652. The Kier molecular flexibility index (Phi) is 6.67. The SMILES string of the molecule is CCc1ccc(OCCNC(=O)[C@H](C)Oc2ccccc2C)cc1. The lowest BCUT2D eigenvalue weighted by atomic mass is 10.2. The van der Waals surface area contributed by atoms with Gasteiger partial charge in [-0.2, -0.15) is 0 Å². The summed E-state index contributed by atoms with van der Waals surface area (Å²) in [6.45, 7) is 6.68. The summed E-state index contributed by atoms with van der Waals surface area (Å²) in [6, 6.07) is 15.6. The second-order valence-electron chi connectivity index (χ2n) is 5.66. The van der Waals surface area contributed by atoms with Crippen LogP contribution in [0.4, 0.5) is 0 Å². The number of amides is 1. The summed E-state index contributed by atoms with van der Waals surface area (Å²) in [5.74, 6) is 1.39. The van der Waals surface area contributed by atoms with E-state index in [1.54, 1.807) is 6.92 Å². The zero-order valence-electron chi connectivity index (χ0n) is 14.5. The molecule has 4 heteroatoms. The van der Waals surface area contributed by atoms with Gasteiger partial charge in [0.2, 0.25) is 0 Å². The molecule has 0 heterocycles. The van der Waals surface area contributed by atoms with Crippen LogP contribution in [-0.4, -0.2) is 25.2 Å². The summed E-state index contributed by atoms with van der Waals surface area (Å²) in [5.41, 5.74) is 2.29. The monoisotopic (exact) mass is 327 g/mol. The molecule has 0 aliphatic heterocycles. The van der Waals surface area contributed by atoms with Gasteiger partial charge in [0, 0.05) is 0 Å². The van der Waals surface area contributed by atoms with Crippen LogP contribution in [-0.2, 0) is 11.2 Å². The van der Waals surface area contributed by atoms with Crippen LogP contribution in [0.1, 0.15) is 25.0 Å². The fourth-order valence-corrected chi connectivity index (χ4v) is 2.24. The van der Waals surface area contributed by atoms with E-state index >= 15 is 0 Å². The van der Waals surface area contributed by atoms with Crippen molar-refractivity contribution in [1.82, 2.24) is 5.32 Å². The molecule has 4 nitrogen and oxygen atoms in total. The van der Waals surface area contributed by atoms with Gasteiger partial charge < -0.3 is 14.8 Å². The Hall–Kier alpha value is -2.49. The zero-order valence-corrected chi connectivity index (χ0v) is 14.5. The van der Waals surface area contributed by atoms with Gasteiger partial charge in [0.05, 0.1) is 6.54 Å². The molecule has 0 aliphatic rings. The van der Waals surface area contributed by atoms with E-state index in [2.05, 4.69) is 12.2 Å². The van der Waals surface area contributed by atoms with Crippen LogP contribution in [0, 0.1) is 6.92 Å². The minimum Gasteiger partial charge on any atom is -0.492 e. The van der Waals surface area contributed by atoms with Crippen LogP contribution < -0.4 is 14.8 Å². The first kappa shape index (κ1) is 17.9. The van der Waals surface area contributed by atoms with Crippen molar-refractivity contribution < 1.29 is 14.3 Å². The Balaban J connectivity index is 1.71. The molecule has 0 fully saturated rings. The fourth-order valence-electron chi connectivity index (χ4n) is 2.24. The second-order valence-corrected chi connectivity index (χ2v) is 5.66. The predicted octanol–water partition coefficient (Wildman–Crippen LogP) is 3.52. The number of hydrogen-bond donors (Lipinski definition) is 1. The lowest BCUT2D eigenvalue weighted by molar-refractivity contribution is -0.127. The molecule has 0 unspecified atom stereocenters. The lowest BCUT2D eigenvalue weighted by Crippen LogP contribution is -2.38. The summed E-state index contributed by atoms with van der Waals surface area (Å²) in [5, 5.41) is 2.83. The van der Waals surface area contributed by atoms with Crippen LogP contribution in [0.25, 0.3) is 0 Å². The summed E-state index contributed by atoms with van der Waals surface area (Å²) in [7, 11) is 0. The van der Waals surface area contributed by atoms with Crippen LogP contribution in [0.15, 0.2) is 48.5 Å². The third-order valence-electron chi connectivity index (χ3n) is 3.77. The molecule has 0 aliphatic carbocycles. The molecule has 2 rings (SSSR count). The van der Waals surface area contributed by atoms with E-state index in [0.29, 0.717) is 13.2 Å². The van der Waals surface area contributed by atoms with E-state index in [4.69, 9.17) is 9.47 Å². The van der Waals surface area contributed by atoms with Gasteiger partial charge in [-0.25, -0.2) is 0 Å². The predicted molar refractivity (Wildman–Crippen MR) is 95.6 cm³/mol. The molecule has 2 aromatic rings. The van der Waals surface area contributed by atoms with E-state index < -0.39 is 6.10 Å². The van der Waals surface area contributed by atoms with Crippen molar-refractivity contribution >= 4 is 5.91 Å². The van der Waals surface area contributed by atoms with Crippen LogP contribution in [0.2, 0.25) is 0 Å². The Morgan fingerprint density at radius 2 is 1.83 bits per heavy atom. The van der Waals surface area contributed by atoms with Crippen LogP contribution >= 0.6 is 0 Å². The highest BCUT2D eigenvalue weighted by atomic mass is 16.5. The largest absolute Gasteiger partial charge is 0.492 e. The maximum absolute atomic E-state index is 12.1. The number of ether oxygens (including phenoxy) is 2. The molecule has 0 aromatic heterocycles. The number of hydrogen-bond acceptors (Lipinski definition) is 3. The maximum atomic E-state index is 12.1. The highest BCUT2D eigenvalue weighted by Crippen LogP contribution is 2.17. The van der Waals surface area contributed by atoms with Gasteiger partial charge in [0.15, 0.2) is 6.10 Å². The second kappa shape index (κ2) is 8.96. The molecule has 0 bridgehead atoms. The molecule has 1 atom stereocenters. The highest BCUT2D eigenvalue weighted by Gasteiger charge is 2.14. The quantitative estimate of drug-likeness (QED) is 0.755. The van der Waals surface area contributed by atoms with Crippen LogP contribution in [0.5, 0.6) is 11.5 Å². The van der Waals surface area contributed by atoms with E-state index in [1.165, 1.54) is 5.56 Å². The number of rotatable bonds is 8. The normalized spacial score (nSPS) is 11.6. The minimum absolute atomic E-state index is 0.150. The van der Waals surface area contributed by atoms with Crippen molar-refractivity contribution in [2.24, 2.45) is 0 Å². The Morgan fingerprint density at radius 1 is 1.12 bits per heavy atom. The molecule has 1 amide bonds. The molecular formula is C20H25NO3. The molecule has 24 heavy (non-hydrogen) atoms. The van der Waals surface area contributed by atoms with E-state index in [-0.39, 0.29) is 5.91 Å². The average Bonchev–Trinajstić information content (AvgIpc) is 2.61. The summed E-state index contributed by atoms with van der Waals surface area (Å²) in [6.07, 6.45) is 0.463. The number of benzene rings is 2. The summed E-state index contributed by atoms with van der Waals surface area (Å²) in [4.78, 5) is 12.1. The third-order valence-corrected chi connectivity index (χ3v) is 3.77. The first-order valence-corrected chi connectivity index (χ1v) is 8.32. The topological polar surface area (TPSA) is 47.6 Å². The van der Waals surface area contributed by atoms with E-state index in [9.17, 15) is 4.79 Å². The van der Waals surface area contributed by atoms with Gasteiger partial charge in [-0.05, 0) is 49.6 Å². The van der Waals surface area contributed by atoms with Gasteiger partial charge in [0.25, 0.3) is 5.91 Å². The van der Waals surface area contributed by atoms with Crippen LogP contribution in [0.3, 0.4) is 0 Å². The summed E-state index contributed by atoms with van der Waals surface area (Å²) < 4.78 is 11.3. The van der Waals surface area contributed by atoms with Gasteiger partial charge in [-0.1, -0.05) is 37.3 Å². The zero-order chi connectivity index (χ0) is 17.4. The Morgan fingerprint density at radius 3 is 2.50 bits per heavy atom. The van der Waals surface area contributed by atoms with E-state index in [1.807, 2.05) is 55.5 Å². The lowest BCUT2D eigenvalue weighted by Gasteiger charge is -2.16. The molecule has 0 spiro atoms. The molecule has 0 saturated heterocycles. The standard InChI is InChI=1S/C20H25NO3/c1-4-17-9-11-18(12-10-17)23-14-13-21-20(22)16(3)24-19-8-6-5-7-15(19)2/h5-12,16H,4,13-14H2,1-3H3,(H,21,22)/t16-/m0/s1. The summed E-state index contributed by atoms with van der Waals surface area (Å²) >= 11 is 0. The average molecular weight is 327 g/mol. The third kappa shape index (κ3) is 5.30. The minimum atomic E-state index is -0.546. The van der Waals surface area contributed by atoms with Gasteiger partial charge >= 0.3 is 0 Å². The molecule has 1 N–H and O–H groups in total. The highest BCUT2D eigenvalue weighted by molar-refractivity contribution is 5.80. The first-order valence-electron chi connectivity index (χ1n) is 8.32. The number of para-hydroxylation sites is 1. The number of nitrogens with one attached hydrogen (secondary N) is 1. The van der Waals surface area contributed by atoms with Crippen molar-refractivity contribution in [3.05, 3.63) is 59.7 Å². The molecule has 128 valence electrons. The van der Waals surface area contributed by atoms with Crippen molar-refractivity contribution in [2.75, 3.05) is 13.2 Å². The fraction of sp³-hybridized carbons (Fsp3) is 0.350. The van der Waals surface area contributed by atoms with Gasteiger partial charge in [-0.15, -0.1) is 0 Å². The first-order chi connectivity index (χ1) is 11.6. The van der Waals surface area contributed by atoms with Gasteiger partial charge in [-0.3, -0.25) is 4.79 Å². The maximum Gasteiger partial charge on any atom is 0.260 e. The molecule has 0 radical (unpaired) electrons. The number of aryl methyl sites for hydroxylation is 2. The molecular weight excluding hydrogens is 302 g/mol. The smallest absolute Gasteiger partial charge is 0.260 e. The van der Waals surface area contributed by atoms with Gasteiger partial charge in [0.1, 0.15) is 18.1 Å². The number of carbonyl (C=O) groups excluding carboxylic acids is 1. The van der Waals surface area contributed by atoms with E-state index in [0.717, 1.165) is 23.5 Å². The van der Waals surface area contributed by atoms with Crippen molar-refractivity contribution in [1.29, 1.82) is 0 Å². The van der Waals surface area contributed by atoms with Crippen molar-refractivity contribution in [2.45, 2.75) is 33.3 Å². The molecule has 2 aromatic carbocycles. The molecule has 0 saturated carbocycles. The number of carbonyl (C=O) groups is 1.